The summed E-state index contributed by atoms with van der Waals surface area (Å²) in [7, 11) is 0. The number of hydrogen-bond donors (Lipinski definition) is 2. The van der Waals surface area contributed by atoms with E-state index in [2.05, 4.69) is 11.4 Å². The summed E-state index contributed by atoms with van der Waals surface area (Å²) in [6.45, 7) is 1.78. The monoisotopic (exact) mass is 301 g/mol. The molecule has 1 aromatic carbocycles. The van der Waals surface area contributed by atoms with Crippen molar-refractivity contribution in [2.24, 2.45) is 0 Å². The number of nitrogens with one attached hydrogen (secondary N) is 1. The van der Waals surface area contributed by atoms with E-state index in [0.29, 0.717) is 18.4 Å². The Morgan fingerprint density at radius 3 is 2.50 bits per heavy atom. The summed E-state index contributed by atoms with van der Waals surface area (Å²) in [5.74, 6) is -1.24. The second-order valence-corrected chi connectivity index (χ2v) is 5.76. The molecule has 22 heavy (non-hydrogen) atoms. The SMILES string of the molecule is CCC(NC(=O)CC1=CCCCC1)(C(=O)O)c1ccccc1. The van der Waals surface area contributed by atoms with E-state index < -0.39 is 11.5 Å². The lowest BCUT2D eigenvalue weighted by Gasteiger charge is -2.30. The van der Waals surface area contributed by atoms with Crippen molar-refractivity contribution in [3.05, 3.63) is 47.5 Å². The number of amides is 1. The Kier molecular flexibility index (Phi) is 5.36. The normalized spacial score (nSPS) is 17.2. The largest absolute Gasteiger partial charge is 0.479 e. The molecule has 0 aliphatic heterocycles. The van der Waals surface area contributed by atoms with E-state index in [-0.39, 0.29) is 5.91 Å². The maximum atomic E-state index is 12.3. The Balaban J connectivity index is 2.18. The van der Waals surface area contributed by atoms with Gasteiger partial charge in [-0.2, -0.15) is 0 Å². The summed E-state index contributed by atoms with van der Waals surface area (Å²) in [5, 5.41) is 12.5. The van der Waals surface area contributed by atoms with Gasteiger partial charge in [-0.25, -0.2) is 4.79 Å². The predicted octanol–water partition coefficient (Wildman–Crippen LogP) is 3.38. The molecule has 0 heterocycles. The first-order chi connectivity index (χ1) is 10.6. The Labute approximate surface area is 131 Å². The molecule has 0 aromatic heterocycles. The van der Waals surface area contributed by atoms with Gasteiger partial charge in [-0.1, -0.05) is 48.9 Å². The van der Waals surface area contributed by atoms with Crippen LogP contribution in [0.1, 0.15) is 51.0 Å². The summed E-state index contributed by atoms with van der Waals surface area (Å²) in [5.41, 5.74) is 0.372. The first-order valence-electron chi connectivity index (χ1n) is 7.86. The van der Waals surface area contributed by atoms with Crippen LogP contribution in [0.4, 0.5) is 0 Å². The van der Waals surface area contributed by atoms with E-state index in [4.69, 9.17) is 0 Å². The average molecular weight is 301 g/mol. The van der Waals surface area contributed by atoms with Crippen LogP contribution in [0.5, 0.6) is 0 Å². The van der Waals surface area contributed by atoms with E-state index >= 15 is 0 Å². The maximum absolute atomic E-state index is 12.3. The zero-order valence-corrected chi connectivity index (χ0v) is 13.0. The summed E-state index contributed by atoms with van der Waals surface area (Å²) < 4.78 is 0. The van der Waals surface area contributed by atoms with E-state index in [9.17, 15) is 14.7 Å². The topological polar surface area (TPSA) is 66.4 Å². The number of rotatable bonds is 6. The van der Waals surface area contributed by atoms with E-state index in [1.807, 2.05) is 6.07 Å². The molecule has 0 saturated heterocycles. The quantitative estimate of drug-likeness (QED) is 0.792. The number of allylic oxidation sites excluding steroid dienone is 1. The number of hydrogen-bond acceptors (Lipinski definition) is 2. The fraction of sp³-hybridized carbons (Fsp3) is 0.444. The van der Waals surface area contributed by atoms with Gasteiger partial charge < -0.3 is 10.4 Å². The van der Waals surface area contributed by atoms with Crippen molar-refractivity contribution in [2.75, 3.05) is 0 Å². The molecular formula is C18H23NO3. The minimum Gasteiger partial charge on any atom is -0.479 e. The molecule has 2 N–H and O–H groups in total. The average Bonchev–Trinajstić information content (AvgIpc) is 2.54. The lowest BCUT2D eigenvalue weighted by atomic mass is 9.86. The lowest BCUT2D eigenvalue weighted by Crippen LogP contribution is -2.51. The van der Waals surface area contributed by atoms with Gasteiger partial charge in [0.05, 0.1) is 0 Å². The highest BCUT2D eigenvalue weighted by Crippen LogP contribution is 2.27. The number of carboxylic acid groups (broad SMARTS) is 1. The molecule has 0 spiro atoms. The van der Waals surface area contributed by atoms with Gasteiger partial charge in [0.25, 0.3) is 0 Å². The van der Waals surface area contributed by atoms with Crippen LogP contribution in [-0.2, 0) is 15.1 Å². The van der Waals surface area contributed by atoms with Gasteiger partial charge in [-0.15, -0.1) is 0 Å². The van der Waals surface area contributed by atoms with Crippen molar-refractivity contribution in [2.45, 2.75) is 51.0 Å². The molecule has 0 saturated carbocycles. The van der Waals surface area contributed by atoms with E-state index in [1.54, 1.807) is 31.2 Å². The van der Waals surface area contributed by atoms with Crippen molar-refractivity contribution >= 4 is 11.9 Å². The van der Waals surface area contributed by atoms with E-state index in [0.717, 1.165) is 24.8 Å². The Bertz CT molecular complexity index is 565. The molecule has 4 nitrogen and oxygen atoms in total. The number of carbonyl (C=O) groups is 2. The van der Waals surface area contributed by atoms with Crippen LogP contribution in [0.25, 0.3) is 0 Å². The number of benzene rings is 1. The molecule has 1 aliphatic rings. The zero-order valence-electron chi connectivity index (χ0n) is 13.0. The highest BCUT2D eigenvalue weighted by Gasteiger charge is 2.40. The minimum atomic E-state index is -1.35. The number of carbonyl (C=O) groups excluding carboxylic acids is 1. The highest BCUT2D eigenvalue weighted by molar-refractivity contribution is 5.89. The third kappa shape index (κ3) is 3.56. The van der Waals surface area contributed by atoms with Crippen molar-refractivity contribution in [1.29, 1.82) is 0 Å². The molecule has 1 aliphatic carbocycles. The first kappa shape index (κ1) is 16.3. The van der Waals surface area contributed by atoms with Gasteiger partial charge in [0.1, 0.15) is 0 Å². The predicted molar refractivity (Wildman–Crippen MR) is 85.4 cm³/mol. The molecule has 1 atom stereocenters. The Morgan fingerprint density at radius 2 is 1.95 bits per heavy atom. The van der Waals surface area contributed by atoms with Crippen LogP contribution in [-0.4, -0.2) is 17.0 Å². The highest BCUT2D eigenvalue weighted by atomic mass is 16.4. The van der Waals surface area contributed by atoms with Crippen molar-refractivity contribution in [3.8, 4) is 0 Å². The molecule has 118 valence electrons. The summed E-state index contributed by atoms with van der Waals surface area (Å²) in [6.07, 6.45) is 6.93. The van der Waals surface area contributed by atoms with Gasteiger partial charge in [0, 0.05) is 6.42 Å². The van der Waals surface area contributed by atoms with Crippen LogP contribution in [0, 0.1) is 0 Å². The zero-order chi connectivity index (χ0) is 16.0. The first-order valence-corrected chi connectivity index (χ1v) is 7.86. The molecule has 0 radical (unpaired) electrons. The van der Waals surface area contributed by atoms with Crippen LogP contribution < -0.4 is 5.32 Å². The molecule has 0 fully saturated rings. The van der Waals surface area contributed by atoms with Crippen molar-refractivity contribution < 1.29 is 14.7 Å². The molecule has 0 bridgehead atoms. The number of aliphatic carboxylic acids is 1. The smallest absolute Gasteiger partial charge is 0.334 e. The molecule has 1 unspecified atom stereocenters. The fourth-order valence-corrected chi connectivity index (χ4v) is 2.97. The third-order valence-corrected chi connectivity index (χ3v) is 4.29. The number of carboxylic acids is 1. The lowest BCUT2D eigenvalue weighted by molar-refractivity contribution is -0.148. The van der Waals surface area contributed by atoms with Gasteiger partial charge in [-0.3, -0.25) is 4.79 Å². The Morgan fingerprint density at radius 1 is 1.23 bits per heavy atom. The van der Waals surface area contributed by atoms with Gasteiger partial charge >= 0.3 is 5.97 Å². The van der Waals surface area contributed by atoms with Crippen molar-refractivity contribution in [1.82, 2.24) is 5.32 Å². The summed E-state index contributed by atoms with van der Waals surface area (Å²) in [4.78, 5) is 24.2. The Hall–Kier alpha value is -2.10. The van der Waals surface area contributed by atoms with E-state index in [1.165, 1.54) is 6.42 Å². The van der Waals surface area contributed by atoms with Crippen LogP contribution in [0.2, 0.25) is 0 Å². The molecule has 4 heteroatoms. The van der Waals surface area contributed by atoms with Gasteiger partial charge in [0.15, 0.2) is 5.54 Å². The molecular weight excluding hydrogens is 278 g/mol. The van der Waals surface area contributed by atoms with Crippen LogP contribution in [0.15, 0.2) is 42.0 Å². The second-order valence-electron chi connectivity index (χ2n) is 5.76. The maximum Gasteiger partial charge on any atom is 0.334 e. The summed E-state index contributed by atoms with van der Waals surface area (Å²) in [6, 6.07) is 8.91. The van der Waals surface area contributed by atoms with Gasteiger partial charge in [-0.05, 0) is 37.7 Å². The fourth-order valence-electron chi connectivity index (χ4n) is 2.97. The van der Waals surface area contributed by atoms with Gasteiger partial charge in [0.2, 0.25) is 5.91 Å². The van der Waals surface area contributed by atoms with Crippen LogP contribution in [0.3, 0.4) is 0 Å². The molecule has 1 amide bonds. The summed E-state index contributed by atoms with van der Waals surface area (Å²) >= 11 is 0. The standard InChI is InChI=1S/C18H23NO3/c1-2-18(17(21)22,15-11-7-4-8-12-15)19-16(20)13-14-9-5-3-6-10-14/h4,7-9,11-12H,2-3,5-6,10,13H2,1H3,(H,19,20)(H,21,22). The second kappa shape index (κ2) is 7.25. The molecule has 1 aromatic rings. The van der Waals surface area contributed by atoms with Crippen molar-refractivity contribution in [3.63, 3.8) is 0 Å². The molecule has 2 rings (SSSR count). The minimum absolute atomic E-state index is 0.221. The van der Waals surface area contributed by atoms with Crippen LogP contribution >= 0.6 is 0 Å². The third-order valence-electron chi connectivity index (χ3n) is 4.29.